The molecule has 0 atom stereocenters. The van der Waals surface area contributed by atoms with Crippen LogP contribution in [0, 0.1) is 5.92 Å². The number of nitrogens with one attached hydrogen (secondary N) is 2. The van der Waals surface area contributed by atoms with Crippen molar-refractivity contribution in [3.8, 4) is 0 Å². The summed E-state index contributed by atoms with van der Waals surface area (Å²) in [6.45, 7) is 4.15. The number of benzene rings is 1. The first kappa shape index (κ1) is 14.6. The molecule has 100 valence electrons. The molecule has 0 saturated heterocycles. The fourth-order valence-corrected chi connectivity index (χ4v) is 2.51. The van der Waals surface area contributed by atoms with E-state index in [-0.39, 0.29) is 16.4 Å². The minimum atomic E-state index is -3.59. The summed E-state index contributed by atoms with van der Waals surface area (Å²) in [5.41, 5.74) is 2.15. The molecule has 4 N–H and O–H groups in total. The predicted octanol–water partition coefficient (Wildman–Crippen LogP) is 0.224. The number of carbonyl (C=O) groups excluding carboxylic acids is 1. The Hall–Kier alpha value is -1.44. The molecule has 0 aromatic heterocycles. The Balaban J connectivity index is 2.99. The number of nitrogens with two attached hydrogens (primary N) is 1. The Labute approximate surface area is 107 Å². The van der Waals surface area contributed by atoms with Gasteiger partial charge in [-0.15, -0.1) is 0 Å². The molecule has 0 heterocycles. The lowest BCUT2D eigenvalue weighted by molar-refractivity contribution is 0.0953. The van der Waals surface area contributed by atoms with E-state index in [0.29, 0.717) is 6.54 Å². The van der Waals surface area contributed by atoms with Crippen molar-refractivity contribution in [3.63, 3.8) is 0 Å². The normalized spacial score (nSPS) is 11.6. The molecule has 0 unspecified atom stereocenters. The van der Waals surface area contributed by atoms with Crippen molar-refractivity contribution in [2.24, 2.45) is 11.8 Å². The number of hydrogen-bond donors (Lipinski definition) is 3. The maximum Gasteiger partial charge on any atom is 0.265 e. The van der Waals surface area contributed by atoms with Gasteiger partial charge in [-0.2, -0.15) is 0 Å². The van der Waals surface area contributed by atoms with Crippen LogP contribution in [0.3, 0.4) is 0 Å². The molecule has 0 aliphatic rings. The van der Waals surface area contributed by atoms with Gasteiger partial charge >= 0.3 is 0 Å². The molecule has 0 fully saturated rings. The van der Waals surface area contributed by atoms with Crippen LogP contribution in [0.15, 0.2) is 29.2 Å². The molecule has 0 saturated carbocycles. The molecule has 1 aromatic rings. The summed E-state index contributed by atoms with van der Waals surface area (Å²) < 4.78 is 26.3. The van der Waals surface area contributed by atoms with Gasteiger partial charge in [0.1, 0.15) is 0 Å². The standard InChI is InChI=1S/C11H17N3O3S/c1-8(2)7-13-18(16,17)10-5-3-4-9(6-10)11(15)14-12/h3-6,8,13H,7,12H2,1-2H3,(H,14,15). The summed E-state index contributed by atoms with van der Waals surface area (Å²) in [6, 6.07) is 5.69. The molecule has 0 spiro atoms. The number of amides is 1. The monoisotopic (exact) mass is 271 g/mol. The zero-order chi connectivity index (χ0) is 13.8. The highest BCUT2D eigenvalue weighted by molar-refractivity contribution is 7.89. The van der Waals surface area contributed by atoms with Gasteiger partial charge in [0.25, 0.3) is 5.91 Å². The lowest BCUT2D eigenvalue weighted by atomic mass is 10.2. The summed E-state index contributed by atoms with van der Waals surface area (Å²) in [4.78, 5) is 11.4. The summed E-state index contributed by atoms with van der Waals surface area (Å²) in [5, 5.41) is 0. The van der Waals surface area contributed by atoms with Crippen molar-refractivity contribution >= 4 is 15.9 Å². The molecule has 6 nitrogen and oxygen atoms in total. The topological polar surface area (TPSA) is 101 Å². The van der Waals surface area contributed by atoms with Gasteiger partial charge in [-0.3, -0.25) is 10.2 Å². The highest BCUT2D eigenvalue weighted by atomic mass is 32.2. The van der Waals surface area contributed by atoms with Gasteiger partial charge < -0.3 is 0 Å². The number of sulfonamides is 1. The van der Waals surface area contributed by atoms with Gasteiger partial charge in [-0.05, 0) is 24.1 Å². The van der Waals surface area contributed by atoms with Gasteiger partial charge in [-0.25, -0.2) is 19.0 Å². The van der Waals surface area contributed by atoms with Crippen molar-refractivity contribution in [2.75, 3.05) is 6.54 Å². The molecule has 7 heteroatoms. The summed E-state index contributed by atoms with van der Waals surface area (Å²) in [5.74, 6) is 4.67. The fraction of sp³-hybridized carbons (Fsp3) is 0.364. The third-order valence-electron chi connectivity index (χ3n) is 2.22. The number of nitrogen functional groups attached to an aromatic ring is 1. The van der Waals surface area contributed by atoms with Crippen molar-refractivity contribution < 1.29 is 13.2 Å². The second kappa shape index (κ2) is 5.94. The highest BCUT2D eigenvalue weighted by Crippen LogP contribution is 2.11. The largest absolute Gasteiger partial charge is 0.290 e. The zero-order valence-electron chi connectivity index (χ0n) is 10.3. The molecular weight excluding hydrogens is 254 g/mol. The molecular formula is C11H17N3O3S. The highest BCUT2D eigenvalue weighted by Gasteiger charge is 2.15. The van der Waals surface area contributed by atoms with Crippen LogP contribution in [0.25, 0.3) is 0 Å². The van der Waals surface area contributed by atoms with E-state index in [1.54, 1.807) is 0 Å². The van der Waals surface area contributed by atoms with E-state index in [2.05, 4.69) is 4.72 Å². The fourth-order valence-electron chi connectivity index (χ4n) is 1.25. The van der Waals surface area contributed by atoms with Crippen LogP contribution in [0.1, 0.15) is 24.2 Å². The van der Waals surface area contributed by atoms with Crippen LogP contribution in [0.5, 0.6) is 0 Å². The molecule has 0 aliphatic carbocycles. The quantitative estimate of drug-likeness (QED) is 0.405. The Kier molecular flexibility index (Phi) is 4.83. The third kappa shape index (κ3) is 3.80. The van der Waals surface area contributed by atoms with Gasteiger partial charge in [0.15, 0.2) is 0 Å². The van der Waals surface area contributed by atoms with Crippen LogP contribution >= 0.6 is 0 Å². The summed E-state index contributed by atoms with van der Waals surface area (Å²) in [7, 11) is -3.59. The number of rotatable bonds is 5. The lowest BCUT2D eigenvalue weighted by Crippen LogP contribution is -2.31. The Bertz CT molecular complexity index is 526. The van der Waals surface area contributed by atoms with Gasteiger partial charge in [-0.1, -0.05) is 19.9 Å². The molecule has 1 amide bonds. The minimum Gasteiger partial charge on any atom is -0.290 e. The van der Waals surface area contributed by atoms with Gasteiger partial charge in [0.2, 0.25) is 10.0 Å². The first-order valence-corrected chi connectivity index (χ1v) is 6.96. The molecule has 18 heavy (non-hydrogen) atoms. The van der Waals surface area contributed by atoms with E-state index < -0.39 is 15.9 Å². The average Bonchev–Trinajstić information content (AvgIpc) is 2.35. The average molecular weight is 271 g/mol. The number of hydrogen-bond acceptors (Lipinski definition) is 4. The lowest BCUT2D eigenvalue weighted by Gasteiger charge is -2.09. The van der Waals surface area contributed by atoms with E-state index in [1.165, 1.54) is 24.3 Å². The van der Waals surface area contributed by atoms with Crippen LogP contribution in [0.2, 0.25) is 0 Å². The SMILES string of the molecule is CC(C)CNS(=O)(=O)c1cccc(C(=O)NN)c1. The summed E-state index contributed by atoms with van der Waals surface area (Å²) in [6.07, 6.45) is 0. The zero-order valence-corrected chi connectivity index (χ0v) is 11.1. The van der Waals surface area contributed by atoms with E-state index in [1.807, 2.05) is 19.3 Å². The van der Waals surface area contributed by atoms with Crippen LogP contribution < -0.4 is 16.0 Å². The maximum atomic E-state index is 11.9. The molecule has 1 rings (SSSR count). The van der Waals surface area contributed by atoms with Crippen molar-refractivity contribution in [2.45, 2.75) is 18.7 Å². The first-order valence-electron chi connectivity index (χ1n) is 5.47. The van der Waals surface area contributed by atoms with E-state index in [4.69, 9.17) is 5.84 Å². The molecule has 0 bridgehead atoms. The van der Waals surface area contributed by atoms with Crippen molar-refractivity contribution in [1.29, 1.82) is 0 Å². The molecule has 1 aromatic carbocycles. The molecule has 0 aliphatic heterocycles. The first-order chi connectivity index (χ1) is 8.36. The van der Waals surface area contributed by atoms with E-state index in [0.717, 1.165) is 0 Å². The second-order valence-corrected chi connectivity index (χ2v) is 6.01. The van der Waals surface area contributed by atoms with Crippen LogP contribution in [-0.2, 0) is 10.0 Å². The predicted molar refractivity (Wildman–Crippen MR) is 68.1 cm³/mol. The van der Waals surface area contributed by atoms with Crippen molar-refractivity contribution in [3.05, 3.63) is 29.8 Å². The maximum absolute atomic E-state index is 11.9. The van der Waals surface area contributed by atoms with E-state index in [9.17, 15) is 13.2 Å². The van der Waals surface area contributed by atoms with Crippen LogP contribution in [0.4, 0.5) is 0 Å². The Morgan fingerprint density at radius 2 is 2.06 bits per heavy atom. The molecule has 0 radical (unpaired) electrons. The number of hydrazine groups is 1. The van der Waals surface area contributed by atoms with E-state index >= 15 is 0 Å². The van der Waals surface area contributed by atoms with Gasteiger partial charge in [0.05, 0.1) is 4.90 Å². The van der Waals surface area contributed by atoms with Gasteiger partial charge in [0, 0.05) is 12.1 Å². The second-order valence-electron chi connectivity index (χ2n) is 4.25. The Morgan fingerprint density at radius 1 is 1.39 bits per heavy atom. The number of carbonyl (C=O) groups is 1. The van der Waals surface area contributed by atoms with Crippen molar-refractivity contribution in [1.82, 2.24) is 10.1 Å². The third-order valence-corrected chi connectivity index (χ3v) is 3.64. The smallest absolute Gasteiger partial charge is 0.265 e. The van der Waals surface area contributed by atoms with Crippen LogP contribution in [-0.4, -0.2) is 20.9 Å². The summed E-state index contributed by atoms with van der Waals surface area (Å²) >= 11 is 0. The minimum absolute atomic E-state index is 0.0456. The Morgan fingerprint density at radius 3 is 2.61 bits per heavy atom.